The minimum absolute atomic E-state index is 0.190. The number of Topliss-reactive ketones (excluding diaryl/α,β-unsaturated/α-hetero) is 4. The van der Waals surface area contributed by atoms with Crippen LogP contribution in [0.4, 0.5) is 0 Å². The summed E-state index contributed by atoms with van der Waals surface area (Å²) in [5.41, 5.74) is 3.86. The maximum atomic E-state index is 13.1. The summed E-state index contributed by atoms with van der Waals surface area (Å²) in [4.78, 5) is 62.3. The average molecular weight is 355 g/mol. The second-order valence-electron chi connectivity index (χ2n) is 7.40. The van der Waals surface area contributed by atoms with Gasteiger partial charge in [-0.05, 0) is 24.3 Å². The van der Waals surface area contributed by atoms with Gasteiger partial charge in [0.1, 0.15) is 0 Å². The molecule has 0 radical (unpaired) electrons. The largest absolute Gasteiger partial charge is 0.374 e. The molecule has 1 aromatic carbocycles. The van der Waals surface area contributed by atoms with Gasteiger partial charge in [-0.25, -0.2) is 0 Å². The first-order valence-corrected chi connectivity index (χ1v) is 8.52. The molecular formula is C19H17NO6. The summed E-state index contributed by atoms with van der Waals surface area (Å²) < 4.78 is 0. The van der Waals surface area contributed by atoms with Crippen molar-refractivity contribution >= 4 is 29.0 Å². The van der Waals surface area contributed by atoms with E-state index in [0.29, 0.717) is 12.0 Å². The number of aliphatic hydroxyl groups is 1. The van der Waals surface area contributed by atoms with Crippen molar-refractivity contribution in [1.29, 1.82) is 0 Å². The van der Waals surface area contributed by atoms with E-state index in [4.69, 9.17) is 5.73 Å². The topological polar surface area (TPSA) is 132 Å². The first-order valence-electron chi connectivity index (χ1n) is 8.52. The summed E-state index contributed by atoms with van der Waals surface area (Å²) in [7, 11) is 0. The van der Waals surface area contributed by atoms with E-state index in [2.05, 4.69) is 0 Å². The second kappa shape index (κ2) is 5.41. The van der Waals surface area contributed by atoms with Crippen LogP contribution in [0.1, 0.15) is 28.8 Å². The Hall–Kier alpha value is -2.67. The number of carbonyl (C=O) groups is 5. The molecule has 26 heavy (non-hydrogen) atoms. The fourth-order valence-corrected chi connectivity index (χ4v) is 4.82. The Morgan fingerprint density at radius 3 is 2.46 bits per heavy atom. The van der Waals surface area contributed by atoms with Gasteiger partial charge in [0, 0.05) is 17.9 Å². The molecule has 7 heteroatoms. The van der Waals surface area contributed by atoms with Gasteiger partial charge in [0.2, 0.25) is 5.91 Å². The normalized spacial score (nSPS) is 36.2. The molecule has 0 spiro atoms. The smallest absolute Gasteiger partial charge is 0.235 e. The molecule has 0 heterocycles. The van der Waals surface area contributed by atoms with Gasteiger partial charge in [-0.15, -0.1) is 0 Å². The number of fused-ring (bicyclic) bond motifs is 3. The van der Waals surface area contributed by atoms with E-state index < -0.39 is 52.4 Å². The van der Waals surface area contributed by atoms with Gasteiger partial charge < -0.3 is 10.8 Å². The van der Waals surface area contributed by atoms with Crippen molar-refractivity contribution in [2.45, 2.75) is 24.9 Å². The van der Waals surface area contributed by atoms with Crippen LogP contribution in [-0.4, -0.2) is 39.7 Å². The van der Waals surface area contributed by atoms with Crippen LogP contribution in [-0.2, 0) is 25.6 Å². The summed E-state index contributed by atoms with van der Waals surface area (Å²) >= 11 is 0. The lowest BCUT2D eigenvalue weighted by atomic mass is 9.54. The van der Waals surface area contributed by atoms with Crippen molar-refractivity contribution in [1.82, 2.24) is 0 Å². The molecule has 4 rings (SSSR count). The fraction of sp³-hybridized carbons (Fsp3) is 0.421. The first kappa shape index (κ1) is 16.8. The molecule has 0 aromatic heterocycles. The van der Waals surface area contributed by atoms with Crippen molar-refractivity contribution in [3.05, 3.63) is 35.4 Å². The lowest BCUT2D eigenvalue weighted by molar-refractivity contribution is -0.175. The maximum Gasteiger partial charge on any atom is 0.235 e. The minimum atomic E-state index is -2.50. The quantitative estimate of drug-likeness (QED) is 0.660. The zero-order chi connectivity index (χ0) is 18.8. The third-order valence-electron chi connectivity index (χ3n) is 6.05. The summed E-state index contributed by atoms with van der Waals surface area (Å²) in [5, 5.41) is 11.0. The molecule has 5 atom stereocenters. The van der Waals surface area contributed by atoms with E-state index in [1.807, 2.05) is 6.07 Å². The molecule has 2 fully saturated rings. The van der Waals surface area contributed by atoms with Crippen molar-refractivity contribution in [2.24, 2.45) is 29.4 Å². The molecule has 3 aliphatic carbocycles. The van der Waals surface area contributed by atoms with E-state index in [9.17, 15) is 29.1 Å². The van der Waals surface area contributed by atoms with E-state index in [1.165, 1.54) is 0 Å². The summed E-state index contributed by atoms with van der Waals surface area (Å²) in [6, 6.07) is 6.93. The number of primary amides is 1. The molecule has 1 amide bonds. The second-order valence-corrected chi connectivity index (χ2v) is 7.40. The third kappa shape index (κ3) is 2.00. The Kier molecular flexibility index (Phi) is 3.49. The number of hydrogen-bond donors (Lipinski definition) is 2. The van der Waals surface area contributed by atoms with Crippen LogP contribution in [0.5, 0.6) is 0 Å². The Morgan fingerprint density at radius 1 is 1.08 bits per heavy atom. The molecule has 3 aliphatic rings. The van der Waals surface area contributed by atoms with Crippen molar-refractivity contribution in [2.75, 3.05) is 0 Å². The van der Waals surface area contributed by atoms with Gasteiger partial charge in [-0.2, -0.15) is 0 Å². The number of amides is 1. The number of nitrogens with two attached hydrogens (primary N) is 1. The van der Waals surface area contributed by atoms with Crippen LogP contribution in [0, 0.1) is 23.7 Å². The molecular weight excluding hydrogens is 338 g/mol. The Labute approximate surface area is 148 Å². The van der Waals surface area contributed by atoms with Crippen LogP contribution in [0.25, 0.3) is 0 Å². The third-order valence-corrected chi connectivity index (χ3v) is 6.05. The molecule has 0 aliphatic heterocycles. The standard InChI is InChI=1S/C19H17NO6/c20-18(25)14-12(21)7-10-6-9-5-8-3-1-2-4-11(8)15(22)13(9)16(23)19(10,26)17(14)24/h1-4,9-10,13-14,26H,5-7H2,(H2,20,25)/t9?,10?,13?,14?,19-/m0/s1. The van der Waals surface area contributed by atoms with E-state index in [1.54, 1.807) is 18.2 Å². The van der Waals surface area contributed by atoms with E-state index >= 15 is 0 Å². The number of carbonyl (C=O) groups excluding carboxylic acids is 5. The highest BCUT2D eigenvalue weighted by atomic mass is 16.3. The van der Waals surface area contributed by atoms with Gasteiger partial charge in [0.25, 0.3) is 0 Å². The number of benzene rings is 1. The summed E-state index contributed by atoms with van der Waals surface area (Å²) in [6.07, 6.45) is 0.378. The first-order chi connectivity index (χ1) is 12.3. The predicted octanol–water partition coefficient (Wildman–Crippen LogP) is -0.379. The van der Waals surface area contributed by atoms with Crippen molar-refractivity contribution in [3.63, 3.8) is 0 Å². The SMILES string of the molecule is NC(=O)C1C(=O)CC2CC3Cc4ccccc4C(=O)C3C(=O)[C@]2(O)C1=O. The molecule has 4 unspecified atom stereocenters. The van der Waals surface area contributed by atoms with Crippen molar-refractivity contribution < 1.29 is 29.1 Å². The summed E-state index contributed by atoms with van der Waals surface area (Å²) in [6.45, 7) is 0. The lowest BCUT2D eigenvalue weighted by Gasteiger charge is -2.48. The zero-order valence-corrected chi connectivity index (χ0v) is 13.8. The van der Waals surface area contributed by atoms with Crippen LogP contribution in [0.15, 0.2) is 24.3 Å². The monoisotopic (exact) mass is 355 g/mol. The Bertz CT molecular complexity index is 890. The number of hydrogen-bond acceptors (Lipinski definition) is 6. The maximum absolute atomic E-state index is 13.1. The van der Waals surface area contributed by atoms with Gasteiger partial charge in [-0.3, -0.25) is 24.0 Å². The van der Waals surface area contributed by atoms with E-state index in [0.717, 1.165) is 5.56 Å². The highest BCUT2D eigenvalue weighted by Gasteiger charge is 2.65. The average Bonchev–Trinajstić information content (AvgIpc) is 2.58. The molecule has 134 valence electrons. The molecule has 7 nitrogen and oxygen atoms in total. The predicted molar refractivity (Wildman–Crippen MR) is 86.8 cm³/mol. The van der Waals surface area contributed by atoms with Crippen LogP contribution >= 0.6 is 0 Å². The van der Waals surface area contributed by atoms with Crippen LogP contribution in [0.3, 0.4) is 0 Å². The van der Waals surface area contributed by atoms with Crippen LogP contribution < -0.4 is 5.73 Å². The molecule has 0 bridgehead atoms. The Morgan fingerprint density at radius 2 is 1.77 bits per heavy atom. The molecule has 2 saturated carbocycles. The highest BCUT2D eigenvalue weighted by Crippen LogP contribution is 2.48. The number of ketones is 4. The lowest BCUT2D eigenvalue weighted by Crippen LogP contribution is -2.68. The number of rotatable bonds is 1. The summed E-state index contributed by atoms with van der Waals surface area (Å²) in [5.74, 6) is -8.63. The molecule has 0 saturated heterocycles. The van der Waals surface area contributed by atoms with Gasteiger partial charge >= 0.3 is 0 Å². The van der Waals surface area contributed by atoms with Crippen molar-refractivity contribution in [3.8, 4) is 0 Å². The van der Waals surface area contributed by atoms with Gasteiger partial charge in [0.15, 0.2) is 34.7 Å². The fourth-order valence-electron chi connectivity index (χ4n) is 4.82. The van der Waals surface area contributed by atoms with E-state index in [-0.39, 0.29) is 18.8 Å². The van der Waals surface area contributed by atoms with Gasteiger partial charge in [-0.1, -0.05) is 24.3 Å². The highest BCUT2D eigenvalue weighted by molar-refractivity contribution is 6.31. The Balaban J connectivity index is 1.79. The minimum Gasteiger partial charge on any atom is -0.374 e. The zero-order valence-electron chi connectivity index (χ0n) is 13.8. The van der Waals surface area contributed by atoms with Gasteiger partial charge in [0.05, 0.1) is 5.92 Å². The molecule has 1 aromatic rings. The molecule has 3 N–H and O–H groups in total. The van der Waals surface area contributed by atoms with Crippen LogP contribution in [0.2, 0.25) is 0 Å².